The maximum atomic E-state index is 12.3. The number of amides is 1. The molecule has 2 saturated heterocycles. The Balaban J connectivity index is 1.62. The van der Waals surface area contributed by atoms with E-state index in [0.29, 0.717) is 26.1 Å². The number of esters is 1. The molecule has 3 atom stereocenters. The van der Waals surface area contributed by atoms with Gasteiger partial charge in [0.15, 0.2) is 0 Å². The zero-order valence-corrected chi connectivity index (χ0v) is 17.3. The number of likely N-dealkylation sites (tertiary alicyclic amines) is 1. The summed E-state index contributed by atoms with van der Waals surface area (Å²) < 4.78 is 11.1. The Morgan fingerprint density at radius 1 is 1.34 bits per heavy atom. The third-order valence-electron chi connectivity index (χ3n) is 5.20. The monoisotopic (exact) mass is 439 g/mol. The summed E-state index contributed by atoms with van der Waals surface area (Å²) in [6.07, 6.45) is 3.67. The molecule has 4 rings (SSSR count). The highest BCUT2D eigenvalue weighted by molar-refractivity contribution is 7.19. The van der Waals surface area contributed by atoms with Crippen LogP contribution in [-0.2, 0) is 14.3 Å². The second kappa shape index (κ2) is 8.88. The van der Waals surface area contributed by atoms with E-state index >= 15 is 0 Å². The molecule has 2 aliphatic rings. The Kier molecular flexibility index (Phi) is 6.26. The molecule has 29 heavy (non-hydrogen) atoms. The van der Waals surface area contributed by atoms with Gasteiger partial charge in [0.05, 0.1) is 28.9 Å². The van der Waals surface area contributed by atoms with Gasteiger partial charge in [-0.3, -0.25) is 14.6 Å². The highest BCUT2D eigenvalue weighted by Gasteiger charge is 2.37. The van der Waals surface area contributed by atoms with Crippen molar-refractivity contribution in [1.29, 1.82) is 0 Å². The molecule has 0 radical (unpaired) electrons. The zero-order valence-electron chi connectivity index (χ0n) is 15.7. The standard InChI is InChI=1S/C18H22ClN5O4S/c19-15-9-24(4-5-27-15)16(13-6-12-14(29-13)7-21-10-22-12)23-3-1-2-11(8-23)17(25)28-18(20)26/h6-7,10-11,15-16H,1-5,8-9H2,(H2,20,26). The largest absolute Gasteiger partial charge is 0.412 e. The van der Waals surface area contributed by atoms with Crippen molar-refractivity contribution in [3.8, 4) is 0 Å². The van der Waals surface area contributed by atoms with Gasteiger partial charge in [0.1, 0.15) is 11.9 Å². The second-order valence-electron chi connectivity index (χ2n) is 7.14. The second-order valence-corrected chi connectivity index (χ2v) is 8.75. The fraction of sp³-hybridized carbons (Fsp3) is 0.556. The number of morpholine rings is 1. The number of ether oxygens (including phenoxy) is 2. The predicted octanol–water partition coefficient (Wildman–Crippen LogP) is 1.92. The molecule has 3 unspecified atom stereocenters. The lowest BCUT2D eigenvalue weighted by Gasteiger charge is -2.44. The molecule has 156 valence electrons. The number of alkyl halides is 1. The lowest BCUT2D eigenvalue weighted by atomic mass is 9.97. The van der Waals surface area contributed by atoms with Crippen molar-refractivity contribution in [2.45, 2.75) is 24.6 Å². The number of carbonyl (C=O) groups is 2. The van der Waals surface area contributed by atoms with Gasteiger partial charge in [-0.2, -0.15) is 0 Å². The van der Waals surface area contributed by atoms with Crippen LogP contribution in [0.2, 0.25) is 0 Å². The van der Waals surface area contributed by atoms with Gasteiger partial charge in [-0.1, -0.05) is 11.6 Å². The molecule has 2 aromatic rings. The van der Waals surface area contributed by atoms with Crippen molar-refractivity contribution in [2.75, 3.05) is 32.8 Å². The summed E-state index contributed by atoms with van der Waals surface area (Å²) in [5, 5.41) is 0. The van der Waals surface area contributed by atoms with Crippen molar-refractivity contribution in [3.63, 3.8) is 0 Å². The van der Waals surface area contributed by atoms with E-state index in [1.165, 1.54) is 6.33 Å². The van der Waals surface area contributed by atoms with Gasteiger partial charge in [-0.15, -0.1) is 11.3 Å². The van der Waals surface area contributed by atoms with Gasteiger partial charge in [0, 0.05) is 37.3 Å². The van der Waals surface area contributed by atoms with Crippen molar-refractivity contribution >= 4 is 45.2 Å². The van der Waals surface area contributed by atoms with Crippen LogP contribution in [0.3, 0.4) is 0 Å². The Hall–Kier alpha value is -1.85. The summed E-state index contributed by atoms with van der Waals surface area (Å²) in [4.78, 5) is 37.3. The number of carbonyl (C=O) groups excluding carboxylic acids is 2. The average Bonchev–Trinajstić information content (AvgIpc) is 3.11. The van der Waals surface area contributed by atoms with E-state index in [2.05, 4.69) is 30.6 Å². The predicted molar refractivity (Wildman–Crippen MR) is 107 cm³/mol. The zero-order chi connectivity index (χ0) is 20.4. The normalized spacial score (nSPS) is 25.0. The first-order valence-corrected chi connectivity index (χ1v) is 10.7. The molecule has 1 amide bonds. The molecule has 2 aliphatic heterocycles. The number of fused-ring (bicyclic) bond motifs is 1. The summed E-state index contributed by atoms with van der Waals surface area (Å²) in [5.74, 6) is -0.971. The van der Waals surface area contributed by atoms with Crippen LogP contribution in [-0.4, -0.2) is 70.2 Å². The Bertz CT molecular complexity index is 863. The smallest absolute Gasteiger partial charge is 0.376 e. The number of thiophene rings is 1. The van der Waals surface area contributed by atoms with Crippen molar-refractivity contribution in [2.24, 2.45) is 11.7 Å². The van der Waals surface area contributed by atoms with Crippen LogP contribution in [0.4, 0.5) is 4.79 Å². The van der Waals surface area contributed by atoms with E-state index in [1.54, 1.807) is 17.5 Å². The quantitative estimate of drug-likeness (QED) is 0.437. The van der Waals surface area contributed by atoms with Crippen molar-refractivity contribution < 1.29 is 19.1 Å². The molecular weight excluding hydrogens is 418 g/mol. The summed E-state index contributed by atoms with van der Waals surface area (Å²) in [5.41, 5.74) is 5.52. The number of hydrogen-bond donors (Lipinski definition) is 1. The topological polar surface area (TPSA) is 111 Å². The number of rotatable bonds is 4. The number of nitrogens with zero attached hydrogens (tertiary/aromatic N) is 4. The summed E-state index contributed by atoms with van der Waals surface area (Å²) in [7, 11) is 0. The summed E-state index contributed by atoms with van der Waals surface area (Å²) in [6, 6.07) is 2.07. The lowest BCUT2D eigenvalue weighted by molar-refractivity contribution is -0.145. The first-order valence-electron chi connectivity index (χ1n) is 9.45. The van der Waals surface area contributed by atoms with Gasteiger partial charge < -0.3 is 15.2 Å². The molecule has 2 N–H and O–H groups in total. The van der Waals surface area contributed by atoms with Gasteiger partial charge >= 0.3 is 12.1 Å². The molecule has 0 saturated carbocycles. The highest BCUT2D eigenvalue weighted by atomic mass is 35.5. The Morgan fingerprint density at radius 2 is 2.17 bits per heavy atom. The van der Waals surface area contributed by atoms with Gasteiger partial charge in [0.2, 0.25) is 0 Å². The molecule has 0 bridgehead atoms. The average molecular weight is 440 g/mol. The fourth-order valence-electron chi connectivity index (χ4n) is 3.97. The summed E-state index contributed by atoms with van der Waals surface area (Å²) >= 11 is 7.90. The number of hydrogen-bond acceptors (Lipinski definition) is 9. The van der Waals surface area contributed by atoms with E-state index in [-0.39, 0.29) is 11.7 Å². The Labute approximate surface area is 176 Å². The maximum absolute atomic E-state index is 12.3. The molecular formula is C18H22ClN5O4S. The third-order valence-corrected chi connectivity index (χ3v) is 6.57. The van der Waals surface area contributed by atoms with Crippen LogP contribution < -0.4 is 5.73 Å². The molecule has 0 spiro atoms. The van der Waals surface area contributed by atoms with Crippen LogP contribution in [0.25, 0.3) is 10.2 Å². The highest BCUT2D eigenvalue weighted by Crippen LogP contribution is 2.37. The molecule has 2 fully saturated rings. The minimum absolute atomic E-state index is 0.0801. The van der Waals surface area contributed by atoms with Crippen LogP contribution in [0, 0.1) is 5.92 Å². The number of halogens is 1. The van der Waals surface area contributed by atoms with E-state index in [0.717, 1.165) is 34.6 Å². The van der Waals surface area contributed by atoms with Crippen molar-refractivity contribution in [1.82, 2.24) is 19.8 Å². The number of piperidine rings is 1. The first-order chi connectivity index (χ1) is 14.0. The van der Waals surface area contributed by atoms with Crippen molar-refractivity contribution in [3.05, 3.63) is 23.5 Å². The number of primary amides is 1. The Morgan fingerprint density at radius 3 is 2.93 bits per heavy atom. The van der Waals surface area contributed by atoms with Gasteiger partial charge in [-0.25, -0.2) is 14.8 Å². The van der Waals surface area contributed by atoms with Gasteiger partial charge in [0.25, 0.3) is 0 Å². The third kappa shape index (κ3) is 4.67. The SMILES string of the molecule is NC(=O)OC(=O)C1CCCN(C(c2cc3ncncc3s2)N2CCOC(Cl)C2)C1. The van der Waals surface area contributed by atoms with Gasteiger partial charge in [-0.05, 0) is 18.9 Å². The van der Waals surface area contributed by atoms with E-state index in [1.807, 2.05) is 0 Å². The molecule has 0 aromatic carbocycles. The minimum atomic E-state index is -1.06. The van der Waals surface area contributed by atoms with Crippen LogP contribution in [0.1, 0.15) is 23.9 Å². The van der Waals surface area contributed by atoms with E-state index < -0.39 is 18.0 Å². The molecule has 11 heteroatoms. The fourth-order valence-corrected chi connectivity index (χ4v) is 5.40. The van der Waals surface area contributed by atoms with E-state index in [9.17, 15) is 9.59 Å². The summed E-state index contributed by atoms with van der Waals surface area (Å²) in [6.45, 7) is 3.12. The number of nitrogens with two attached hydrogens (primary N) is 1. The van der Waals surface area contributed by atoms with Crippen LogP contribution in [0.15, 0.2) is 18.6 Å². The minimum Gasteiger partial charge on any atom is -0.376 e. The molecule has 4 heterocycles. The first kappa shape index (κ1) is 20.4. The van der Waals surface area contributed by atoms with Crippen LogP contribution in [0.5, 0.6) is 0 Å². The number of aromatic nitrogens is 2. The molecule has 9 nitrogen and oxygen atoms in total. The lowest BCUT2D eigenvalue weighted by Crippen LogP contribution is -2.51. The molecule has 0 aliphatic carbocycles. The maximum Gasteiger partial charge on any atom is 0.412 e. The molecule has 2 aromatic heterocycles. The van der Waals surface area contributed by atoms with E-state index in [4.69, 9.17) is 22.1 Å². The van der Waals surface area contributed by atoms with Crippen LogP contribution >= 0.6 is 22.9 Å².